The molecule has 2 atom stereocenters. The molecular formula is C34H20F18O3S. The molecule has 0 fully saturated rings. The lowest BCUT2D eigenvalue weighted by Gasteiger charge is -2.32. The molecule has 2 unspecified atom stereocenters. The highest BCUT2D eigenvalue weighted by molar-refractivity contribution is 7.92. The molecule has 0 saturated carbocycles. The van der Waals surface area contributed by atoms with E-state index in [1.807, 2.05) is 0 Å². The average molecular weight is 851 g/mol. The Morgan fingerprint density at radius 3 is 1.04 bits per heavy atom. The van der Waals surface area contributed by atoms with Gasteiger partial charge >= 0.3 is 24.2 Å². The molecule has 306 valence electrons. The molecule has 0 heterocycles. The van der Waals surface area contributed by atoms with Gasteiger partial charge in [-0.15, -0.1) is 0 Å². The van der Waals surface area contributed by atoms with Crippen molar-refractivity contribution in [3.05, 3.63) is 128 Å². The second-order valence-corrected chi connectivity index (χ2v) is 13.5. The second-order valence-electron chi connectivity index (χ2n) is 11.9. The Hall–Kier alpha value is -4.47. The summed E-state index contributed by atoms with van der Waals surface area (Å²) in [6.45, 7) is -2.81. The molecule has 0 aliphatic rings. The minimum absolute atomic E-state index is 0.0225. The van der Waals surface area contributed by atoms with Gasteiger partial charge in [0.2, 0.25) is 10.5 Å². The molecule has 0 aromatic heterocycles. The van der Waals surface area contributed by atoms with E-state index in [4.69, 9.17) is 0 Å². The number of hydrogen-bond acceptors (Lipinski definition) is 3. The first-order chi connectivity index (χ1) is 25.6. The molecule has 0 saturated heterocycles. The topological polar surface area (TPSA) is 41.5 Å². The normalized spacial score (nSPS) is 14.4. The SMILES string of the molecule is Cc1cc(F)c(OCC(F)(F)c2cc(F)c(F)c(F)c2)cc1C([S+]([O-])C(c1cc(OCC(F)(F)c2cc(F)c(F)c(F)c2)c(F)cc1C)C(F)(F)F)C(F)(F)F. The van der Waals surface area contributed by atoms with Crippen LogP contribution in [0.3, 0.4) is 0 Å². The lowest BCUT2D eigenvalue weighted by atomic mass is 10.0. The number of hydrogen-bond donors (Lipinski definition) is 0. The molecule has 0 amide bonds. The number of benzene rings is 4. The van der Waals surface area contributed by atoms with E-state index < -0.39 is 151 Å². The van der Waals surface area contributed by atoms with Crippen LogP contribution in [-0.2, 0) is 23.0 Å². The zero-order valence-corrected chi connectivity index (χ0v) is 28.4. The fourth-order valence-corrected chi connectivity index (χ4v) is 6.97. The van der Waals surface area contributed by atoms with Crippen LogP contribution in [0.15, 0.2) is 48.5 Å². The number of halogens is 18. The molecule has 56 heavy (non-hydrogen) atoms. The molecule has 0 bridgehead atoms. The largest absolute Gasteiger partial charge is 0.615 e. The van der Waals surface area contributed by atoms with Gasteiger partial charge in [0.25, 0.3) is 0 Å². The molecule has 0 spiro atoms. The molecule has 0 N–H and O–H groups in total. The summed E-state index contributed by atoms with van der Waals surface area (Å²) >= 11 is -4.34. The van der Waals surface area contributed by atoms with Gasteiger partial charge in [-0.25, -0.2) is 35.1 Å². The van der Waals surface area contributed by atoms with Gasteiger partial charge in [0.15, 0.2) is 71.3 Å². The quantitative estimate of drug-likeness (QED) is 0.0810. The first-order valence-corrected chi connectivity index (χ1v) is 16.3. The fraction of sp³-hybridized carbons (Fsp3) is 0.294. The highest BCUT2D eigenvalue weighted by atomic mass is 32.2. The number of aryl methyl sites for hydroxylation is 2. The van der Waals surface area contributed by atoms with Crippen LogP contribution in [0.25, 0.3) is 0 Å². The Balaban J connectivity index is 1.74. The van der Waals surface area contributed by atoms with E-state index in [1.165, 1.54) is 0 Å². The first-order valence-electron chi connectivity index (χ1n) is 15.0. The van der Waals surface area contributed by atoms with Crippen molar-refractivity contribution in [3.8, 4) is 11.5 Å². The van der Waals surface area contributed by atoms with Crippen molar-refractivity contribution >= 4 is 11.2 Å². The third kappa shape index (κ3) is 9.38. The van der Waals surface area contributed by atoms with Crippen LogP contribution in [0.1, 0.15) is 43.9 Å². The Labute approximate surface area is 306 Å². The van der Waals surface area contributed by atoms with Crippen LogP contribution in [0.5, 0.6) is 11.5 Å². The van der Waals surface area contributed by atoms with Crippen LogP contribution in [0, 0.1) is 60.4 Å². The van der Waals surface area contributed by atoms with Gasteiger partial charge < -0.3 is 14.0 Å². The highest BCUT2D eigenvalue weighted by Crippen LogP contribution is 2.52. The highest BCUT2D eigenvalue weighted by Gasteiger charge is 2.60. The summed E-state index contributed by atoms with van der Waals surface area (Å²) in [6.07, 6.45) is -11.9. The van der Waals surface area contributed by atoms with Gasteiger partial charge in [0.1, 0.15) is 0 Å². The van der Waals surface area contributed by atoms with Gasteiger partial charge in [-0.1, -0.05) is 0 Å². The van der Waals surface area contributed by atoms with Gasteiger partial charge in [-0.2, -0.15) is 43.9 Å². The monoisotopic (exact) mass is 850 g/mol. The van der Waals surface area contributed by atoms with Crippen molar-refractivity contribution in [1.29, 1.82) is 0 Å². The van der Waals surface area contributed by atoms with Crippen LogP contribution < -0.4 is 9.47 Å². The number of rotatable bonds is 12. The first kappa shape index (κ1) is 44.2. The van der Waals surface area contributed by atoms with Crippen molar-refractivity contribution in [2.24, 2.45) is 0 Å². The maximum Gasteiger partial charge on any atom is 0.440 e. The Morgan fingerprint density at radius 1 is 0.482 bits per heavy atom. The van der Waals surface area contributed by atoms with Crippen LogP contribution in [-0.4, -0.2) is 30.1 Å². The molecule has 0 aliphatic carbocycles. The predicted octanol–water partition coefficient (Wildman–Crippen LogP) is 11.4. The summed E-state index contributed by atoms with van der Waals surface area (Å²) in [5.74, 6) is -28.1. The summed E-state index contributed by atoms with van der Waals surface area (Å²) in [4.78, 5) is 0. The summed E-state index contributed by atoms with van der Waals surface area (Å²) in [5.41, 5.74) is -7.78. The molecule has 22 heteroatoms. The smallest absolute Gasteiger partial charge is 0.440 e. The van der Waals surface area contributed by atoms with Gasteiger partial charge in [0.05, 0.1) is 0 Å². The van der Waals surface area contributed by atoms with Crippen molar-refractivity contribution in [2.45, 2.75) is 48.5 Å². The van der Waals surface area contributed by atoms with E-state index in [1.54, 1.807) is 0 Å². The van der Waals surface area contributed by atoms with E-state index in [0.717, 1.165) is 0 Å². The number of ether oxygens (including phenoxy) is 2. The lowest BCUT2D eigenvalue weighted by Crippen LogP contribution is -2.38. The summed E-state index contributed by atoms with van der Waals surface area (Å²) in [7, 11) is 0. The standard InChI is InChI=1S/C34H20F18O3S/c1-13-3-19(35)25(54-11-31(43,44)15-5-21(37)27(41)22(38)6-15)9-17(13)29(33(47,48)49)56(53)30(34(50,51)52)18-10-26(20(36)4-14(18)2)55-12-32(45,46)16-7-23(39)28(42)24(40)8-16/h3-10,29-30H,11-12H2,1-2H3. The molecule has 4 aromatic rings. The molecular weight excluding hydrogens is 830 g/mol. The van der Waals surface area contributed by atoms with Crippen molar-refractivity contribution in [1.82, 2.24) is 0 Å². The Morgan fingerprint density at radius 2 is 0.768 bits per heavy atom. The van der Waals surface area contributed by atoms with Gasteiger partial charge in [-0.3, -0.25) is 0 Å². The molecule has 3 nitrogen and oxygen atoms in total. The second kappa shape index (κ2) is 15.8. The Bertz CT molecular complexity index is 1910. The zero-order chi connectivity index (χ0) is 42.5. The van der Waals surface area contributed by atoms with Gasteiger partial charge in [0, 0.05) is 22.3 Å². The third-order valence-corrected chi connectivity index (χ3v) is 9.87. The van der Waals surface area contributed by atoms with E-state index in [9.17, 15) is 83.6 Å². The van der Waals surface area contributed by atoms with E-state index in [0.29, 0.717) is 13.8 Å². The van der Waals surface area contributed by atoms with Crippen LogP contribution in [0.4, 0.5) is 79.0 Å². The van der Waals surface area contributed by atoms with E-state index in [-0.39, 0.29) is 48.5 Å². The number of alkyl halides is 10. The van der Waals surface area contributed by atoms with Crippen molar-refractivity contribution < 1.29 is 93.1 Å². The summed E-state index contributed by atoms with van der Waals surface area (Å²) in [5, 5.41) is -7.56. The summed E-state index contributed by atoms with van der Waals surface area (Å²) < 4.78 is 279. The summed E-state index contributed by atoms with van der Waals surface area (Å²) in [6, 6.07) is -0.397. The van der Waals surface area contributed by atoms with Crippen LogP contribution >= 0.6 is 0 Å². The van der Waals surface area contributed by atoms with Gasteiger partial charge in [-0.05, 0) is 84.7 Å². The molecule has 4 aromatic carbocycles. The average Bonchev–Trinajstić information content (AvgIpc) is 3.05. The third-order valence-electron chi connectivity index (χ3n) is 7.90. The Kier molecular flexibility index (Phi) is 12.5. The van der Waals surface area contributed by atoms with Crippen molar-refractivity contribution in [2.75, 3.05) is 13.2 Å². The molecule has 0 aliphatic heterocycles. The molecule has 0 radical (unpaired) electrons. The fourth-order valence-electron chi connectivity index (χ4n) is 5.16. The maximum atomic E-state index is 14.8. The lowest BCUT2D eigenvalue weighted by molar-refractivity contribution is -0.140. The minimum Gasteiger partial charge on any atom is -0.615 e. The predicted molar refractivity (Wildman–Crippen MR) is 159 cm³/mol. The molecule has 4 rings (SSSR count). The van der Waals surface area contributed by atoms with Crippen molar-refractivity contribution in [3.63, 3.8) is 0 Å². The van der Waals surface area contributed by atoms with Crippen LogP contribution in [0.2, 0.25) is 0 Å². The van der Waals surface area contributed by atoms with E-state index >= 15 is 0 Å². The maximum absolute atomic E-state index is 14.8. The zero-order valence-electron chi connectivity index (χ0n) is 27.6. The minimum atomic E-state index is -5.95. The van der Waals surface area contributed by atoms with E-state index in [2.05, 4.69) is 9.47 Å².